The first-order valence-electron chi connectivity index (χ1n) is 4.65. The van der Waals surface area contributed by atoms with Crippen molar-refractivity contribution in [2.45, 2.75) is 6.42 Å². The summed E-state index contributed by atoms with van der Waals surface area (Å²) in [6.45, 7) is 0.127. The van der Waals surface area contributed by atoms with E-state index in [4.69, 9.17) is 9.52 Å². The van der Waals surface area contributed by atoms with E-state index in [2.05, 4.69) is 0 Å². The molecule has 0 aliphatic rings. The van der Waals surface area contributed by atoms with Crippen LogP contribution in [0.3, 0.4) is 0 Å². The van der Waals surface area contributed by atoms with Crippen molar-refractivity contribution in [3.05, 3.63) is 48.2 Å². The third kappa shape index (κ3) is 1.86. The molecule has 2 aromatic rings. The normalized spacial score (nSPS) is 10.4. The van der Waals surface area contributed by atoms with Crippen molar-refractivity contribution < 1.29 is 9.52 Å². The van der Waals surface area contributed by atoms with E-state index in [0.717, 1.165) is 17.1 Å². The quantitative estimate of drug-likeness (QED) is 0.802. The summed E-state index contributed by atoms with van der Waals surface area (Å²) in [6, 6.07) is 13.8. The van der Waals surface area contributed by atoms with Crippen LogP contribution in [0, 0.1) is 0 Å². The van der Waals surface area contributed by atoms with Crippen LogP contribution < -0.4 is 0 Å². The number of hydrogen-bond acceptors (Lipinski definition) is 2. The van der Waals surface area contributed by atoms with Crippen LogP contribution in [0.25, 0.3) is 11.3 Å². The molecular formula is C12H12O2. The Bertz CT molecular complexity index is 390. The molecule has 2 heteroatoms. The lowest BCUT2D eigenvalue weighted by molar-refractivity contribution is 0.288. The Labute approximate surface area is 82.8 Å². The Morgan fingerprint density at radius 3 is 2.50 bits per heavy atom. The second kappa shape index (κ2) is 4.11. The van der Waals surface area contributed by atoms with Gasteiger partial charge in [0, 0.05) is 12.0 Å². The Kier molecular flexibility index (Phi) is 2.65. The van der Waals surface area contributed by atoms with Crippen molar-refractivity contribution in [1.82, 2.24) is 0 Å². The van der Waals surface area contributed by atoms with Crippen molar-refractivity contribution in [1.29, 1.82) is 0 Å². The molecular weight excluding hydrogens is 176 g/mol. The molecule has 2 rings (SSSR count). The predicted octanol–water partition coefficient (Wildman–Crippen LogP) is 2.48. The first-order valence-corrected chi connectivity index (χ1v) is 4.65. The van der Waals surface area contributed by atoms with Crippen LogP contribution >= 0.6 is 0 Å². The van der Waals surface area contributed by atoms with Crippen molar-refractivity contribution in [2.75, 3.05) is 6.61 Å². The summed E-state index contributed by atoms with van der Waals surface area (Å²) in [4.78, 5) is 0. The van der Waals surface area contributed by atoms with E-state index >= 15 is 0 Å². The molecule has 0 amide bonds. The highest BCUT2D eigenvalue weighted by molar-refractivity contribution is 5.57. The number of benzene rings is 1. The standard InChI is InChI=1S/C12H12O2/c13-9-8-11-6-7-12(14-11)10-4-2-1-3-5-10/h1-7,13H,8-9H2. The zero-order chi connectivity index (χ0) is 9.80. The van der Waals surface area contributed by atoms with E-state index in [1.165, 1.54) is 0 Å². The summed E-state index contributed by atoms with van der Waals surface area (Å²) in [7, 11) is 0. The topological polar surface area (TPSA) is 33.4 Å². The molecule has 14 heavy (non-hydrogen) atoms. The summed E-state index contributed by atoms with van der Waals surface area (Å²) in [6.07, 6.45) is 0.576. The minimum absolute atomic E-state index is 0.127. The van der Waals surface area contributed by atoms with Gasteiger partial charge in [-0.25, -0.2) is 0 Å². The third-order valence-corrected chi connectivity index (χ3v) is 2.08. The summed E-state index contributed by atoms with van der Waals surface area (Å²) in [5.74, 6) is 1.68. The predicted molar refractivity (Wildman–Crippen MR) is 54.9 cm³/mol. The Morgan fingerprint density at radius 1 is 1.00 bits per heavy atom. The maximum atomic E-state index is 8.74. The van der Waals surface area contributed by atoms with Gasteiger partial charge >= 0.3 is 0 Å². The minimum atomic E-state index is 0.127. The van der Waals surface area contributed by atoms with E-state index in [1.54, 1.807) is 0 Å². The van der Waals surface area contributed by atoms with Gasteiger partial charge < -0.3 is 9.52 Å². The van der Waals surface area contributed by atoms with Crippen molar-refractivity contribution in [3.8, 4) is 11.3 Å². The summed E-state index contributed by atoms with van der Waals surface area (Å²) < 4.78 is 5.55. The largest absolute Gasteiger partial charge is 0.461 e. The fourth-order valence-electron chi connectivity index (χ4n) is 1.38. The lowest BCUT2D eigenvalue weighted by Gasteiger charge is -1.95. The molecule has 1 aromatic carbocycles. The SMILES string of the molecule is OCCc1ccc(-c2ccccc2)o1. The molecule has 0 fully saturated rings. The molecule has 0 radical (unpaired) electrons. The molecule has 0 bridgehead atoms. The number of furan rings is 1. The van der Waals surface area contributed by atoms with Crippen LogP contribution in [-0.4, -0.2) is 11.7 Å². The van der Waals surface area contributed by atoms with Crippen molar-refractivity contribution in [3.63, 3.8) is 0 Å². The zero-order valence-corrected chi connectivity index (χ0v) is 7.81. The van der Waals surface area contributed by atoms with Gasteiger partial charge in [0.1, 0.15) is 11.5 Å². The van der Waals surface area contributed by atoms with Crippen LogP contribution in [0.2, 0.25) is 0 Å². The molecule has 72 valence electrons. The lowest BCUT2D eigenvalue weighted by atomic mass is 10.2. The monoisotopic (exact) mass is 188 g/mol. The average molecular weight is 188 g/mol. The molecule has 0 aliphatic carbocycles. The Morgan fingerprint density at radius 2 is 1.79 bits per heavy atom. The summed E-state index contributed by atoms with van der Waals surface area (Å²) in [5.41, 5.74) is 1.07. The summed E-state index contributed by atoms with van der Waals surface area (Å²) in [5, 5.41) is 8.74. The van der Waals surface area contributed by atoms with Crippen molar-refractivity contribution >= 4 is 0 Å². The summed E-state index contributed by atoms with van der Waals surface area (Å²) >= 11 is 0. The number of hydrogen-bond donors (Lipinski definition) is 1. The number of aliphatic hydroxyl groups is 1. The van der Waals surface area contributed by atoms with E-state index in [1.807, 2.05) is 42.5 Å². The van der Waals surface area contributed by atoms with Gasteiger partial charge in [-0.3, -0.25) is 0 Å². The van der Waals surface area contributed by atoms with Crippen LogP contribution in [0.1, 0.15) is 5.76 Å². The Hall–Kier alpha value is -1.54. The number of aliphatic hydroxyl groups excluding tert-OH is 1. The van der Waals surface area contributed by atoms with Gasteiger partial charge in [0.15, 0.2) is 0 Å². The third-order valence-electron chi connectivity index (χ3n) is 2.08. The highest BCUT2D eigenvalue weighted by atomic mass is 16.3. The minimum Gasteiger partial charge on any atom is -0.461 e. The molecule has 0 aliphatic heterocycles. The fraction of sp³-hybridized carbons (Fsp3) is 0.167. The van der Waals surface area contributed by atoms with Gasteiger partial charge in [-0.05, 0) is 12.1 Å². The van der Waals surface area contributed by atoms with Crippen LogP contribution in [-0.2, 0) is 6.42 Å². The highest BCUT2D eigenvalue weighted by Gasteiger charge is 2.02. The molecule has 0 spiro atoms. The van der Waals surface area contributed by atoms with Gasteiger partial charge in [-0.15, -0.1) is 0 Å². The average Bonchev–Trinajstić information content (AvgIpc) is 2.68. The number of rotatable bonds is 3. The van der Waals surface area contributed by atoms with E-state index in [-0.39, 0.29) is 6.61 Å². The maximum absolute atomic E-state index is 8.74. The van der Waals surface area contributed by atoms with Gasteiger partial charge in [0.25, 0.3) is 0 Å². The van der Waals surface area contributed by atoms with E-state index < -0.39 is 0 Å². The van der Waals surface area contributed by atoms with Gasteiger partial charge in [-0.1, -0.05) is 30.3 Å². The van der Waals surface area contributed by atoms with Crippen LogP contribution in [0.5, 0.6) is 0 Å². The molecule has 2 nitrogen and oxygen atoms in total. The highest BCUT2D eigenvalue weighted by Crippen LogP contribution is 2.21. The maximum Gasteiger partial charge on any atom is 0.134 e. The van der Waals surface area contributed by atoms with Gasteiger partial charge in [0.2, 0.25) is 0 Å². The van der Waals surface area contributed by atoms with Gasteiger partial charge in [0.05, 0.1) is 6.61 Å². The smallest absolute Gasteiger partial charge is 0.134 e. The molecule has 1 aromatic heterocycles. The molecule has 1 N–H and O–H groups in total. The first-order chi connectivity index (χ1) is 6.90. The fourth-order valence-corrected chi connectivity index (χ4v) is 1.38. The molecule has 1 heterocycles. The zero-order valence-electron chi connectivity index (χ0n) is 7.81. The first kappa shape index (κ1) is 9.03. The molecule has 0 atom stereocenters. The van der Waals surface area contributed by atoms with Crippen LogP contribution in [0.15, 0.2) is 46.9 Å². The Balaban J connectivity index is 2.25. The second-order valence-electron chi connectivity index (χ2n) is 3.11. The second-order valence-corrected chi connectivity index (χ2v) is 3.11. The molecule has 0 saturated carbocycles. The van der Waals surface area contributed by atoms with Crippen LogP contribution in [0.4, 0.5) is 0 Å². The lowest BCUT2D eigenvalue weighted by Crippen LogP contribution is -1.86. The molecule has 0 unspecified atom stereocenters. The molecule has 0 saturated heterocycles. The van der Waals surface area contributed by atoms with E-state index in [0.29, 0.717) is 6.42 Å². The van der Waals surface area contributed by atoms with E-state index in [9.17, 15) is 0 Å². The van der Waals surface area contributed by atoms with Crippen molar-refractivity contribution in [2.24, 2.45) is 0 Å². The van der Waals surface area contributed by atoms with Gasteiger partial charge in [-0.2, -0.15) is 0 Å².